The molecule has 0 bridgehead atoms. The second-order valence-corrected chi connectivity index (χ2v) is 16.4. The van der Waals surface area contributed by atoms with Gasteiger partial charge in [-0.05, 0) is 100 Å². The highest BCUT2D eigenvalue weighted by molar-refractivity contribution is 7.26. The Morgan fingerprint density at radius 3 is 1.87 bits per heavy atom. The first kappa shape index (κ1) is 30.1. The molecule has 0 saturated heterocycles. The fourth-order valence-corrected chi connectivity index (χ4v) is 10.8. The van der Waals surface area contributed by atoms with Crippen molar-refractivity contribution in [1.29, 1.82) is 0 Å². The van der Waals surface area contributed by atoms with E-state index in [1.165, 1.54) is 109 Å². The van der Waals surface area contributed by atoms with E-state index in [9.17, 15) is 0 Å². The second kappa shape index (κ2) is 10.8. The van der Waals surface area contributed by atoms with Gasteiger partial charge in [-0.3, -0.25) is 0 Å². The van der Waals surface area contributed by atoms with E-state index >= 15 is 0 Å². The summed E-state index contributed by atoms with van der Waals surface area (Å²) in [5, 5.41) is 7.74. The molecule has 3 heterocycles. The molecule has 0 fully saturated rings. The topological polar surface area (TPSA) is 9.86 Å². The maximum absolute atomic E-state index is 2.54. The molecule has 3 heteroatoms. The first-order valence-corrected chi connectivity index (χ1v) is 19.6. The Kier molecular flexibility index (Phi) is 6.03. The molecule has 8 aromatic carbocycles. The lowest BCUT2D eigenvalue weighted by Gasteiger charge is -2.21. The fourth-order valence-electron chi connectivity index (χ4n) is 9.57. The van der Waals surface area contributed by atoms with Crippen LogP contribution in [0.3, 0.4) is 0 Å². The van der Waals surface area contributed by atoms with E-state index in [-0.39, 0.29) is 5.41 Å². The molecule has 1 aliphatic carbocycles. The molecule has 54 heavy (non-hydrogen) atoms. The number of thiophene rings is 1. The first-order valence-electron chi connectivity index (χ1n) is 18.8. The van der Waals surface area contributed by atoms with Crippen LogP contribution in [0, 0.1) is 0 Å². The van der Waals surface area contributed by atoms with Crippen LogP contribution >= 0.6 is 11.3 Å². The third-order valence-electron chi connectivity index (χ3n) is 12.1. The summed E-state index contributed by atoms with van der Waals surface area (Å²) in [6.07, 6.45) is 0. The summed E-state index contributed by atoms with van der Waals surface area (Å²) in [7, 11) is 0. The number of fused-ring (bicyclic) bond motifs is 12. The minimum Gasteiger partial charge on any atom is -0.309 e. The average molecular weight is 707 g/mol. The highest BCUT2D eigenvalue weighted by Crippen LogP contribution is 2.52. The summed E-state index contributed by atoms with van der Waals surface area (Å²) in [6.45, 7) is 4.76. The van der Waals surface area contributed by atoms with Gasteiger partial charge in [0.15, 0.2) is 0 Å². The van der Waals surface area contributed by atoms with E-state index < -0.39 is 0 Å². The molecule has 12 rings (SSSR count). The third-order valence-corrected chi connectivity index (χ3v) is 13.3. The maximum Gasteiger partial charge on any atom is 0.0640 e. The van der Waals surface area contributed by atoms with Crippen molar-refractivity contribution in [2.75, 3.05) is 0 Å². The van der Waals surface area contributed by atoms with Gasteiger partial charge < -0.3 is 9.13 Å². The standard InChI is InChI=1S/C51H34N2S/c1-51(2)42-19-9-6-15-34(42)38-29-41-40-28-32(31-23-25-45-39(27-31)35-16-7-10-20-44(35)52(45)33-13-4-3-5-14-33)24-26-46(40)53(48(41)30-43(38)51)47-21-12-18-37-36-17-8-11-22-49(36)54-50(37)47/h3-30H,1-2H3. The SMILES string of the molecule is CC1(C)c2ccccc2-c2cc3c4cc(-c5ccc6c(c5)c5ccccc5n6-c5ccccc5)ccc4n(-c4cccc5c4sc4ccccc45)c3cc21. The van der Waals surface area contributed by atoms with Gasteiger partial charge in [0, 0.05) is 48.1 Å². The van der Waals surface area contributed by atoms with Crippen molar-refractivity contribution >= 4 is 75.1 Å². The average Bonchev–Trinajstić information content (AvgIpc) is 3.92. The Balaban J connectivity index is 1.14. The minimum atomic E-state index is -0.0927. The summed E-state index contributed by atoms with van der Waals surface area (Å²) in [5.74, 6) is 0. The molecule has 254 valence electrons. The maximum atomic E-state index is 2.54. The first-order chi connectivity index (χ1) is 26.5. The third kappa shape index (κ3) is 4.00. The van der Waals surface area contributed by atoms with E-state index in [0.29, 0.717) is 0 Å². The van der Waals surface area contributed by atoms with Crippen molar-refractivity contribution in [3.8, 4) is 33.6 Å². The van der Waals surface area contributed by atoms with Crippen LogP contribution in [0.2, 0.25) is 0 Å². The molecular formula is C51H34N2S. The Morgan fingerprint density at radius 2 is 1.04 bits per heavy atom. The van der Waals surface area contributed by atoms with Crippen LogP contribution in [-0.4, -0.2) is 9.13 Å². The number of nitrogens with zero attached hydrogens (tertiary/aromatic N) is 2. The van der Waals surface area contributed by atoms with E-state index in [2.05, 4.69) is 193 Å². The number of hydrogen-bond acceptors (Lipinski definition) is 1. The van der Waals surface area contributed by atoms with E-state index in [1.54, 1.807) is 0 Å². The Morgan fingerprint density at radius 1 is 0.407 bits per heavy atom. The van der Waals surface area contributed by atoms with Gasteiger partial charge in [-0.15, -0.1) is 11.3 Å². The van der Waals surface area contributed by atoms with E-state index in [0.717, 1.165) is 0 Å². The van der Waals surface area contributed by atoms with Crippen LogP contribution in [0.25, 0.3) is 97.4 Å². The van der Waals surface area contributed by atoms with Crippen molar-refractivity contribution in [3.63, 3.8) is 0 Å². The van der Waals surface area contributed by atoms with Gasteiger partial charge in [0.05, 0.1) is 32.5 Å². The summed E-state index contributed by atoms with van der Waals surface area (Å²) in [5.41, 5.74) is 15.2. The largest absolute Gasteiger partial charge is 0.309 e. The Bertz CT molecular complexity index is 3350. The van der Waals surface area contributed by atoms with Crippen LogP contribution < -0.4 is 0 Å². The minimum absolute atomic E-state index is 0.0927. The lowest BCUT2D eigenvalue weighted by molar-refractivity contribution is 0.661. The van der Waals surface area contributed by atoms with Crippen molar-refractivity contribution < 1.29 is 0 Å². The molecule has 0 spiro atoms. The van der Waals surface area contributed by atoms with Crippen LogP contribution in [0.1, 0.15) is 25.0 Å². The normalized spacial score (nSPS) is 13.5. The van der Waals surface area contributed by atoms with Gasteiger partial charge in [-0.1, -0.05) is 117 Å². The van der Waals surface area contributed by atoms with Gasteiger partial charge >= 0.3 is 0 Å². The number of hydrogen-bond donors (Lipinski definition) is 0. The summed E-state index contributed by atoms with van der Waals surface area (Å²) < 4.78 is 7.58. The lowest BCUT2D eigenvalue weighted by Crippen LogP contribution is -2.14. The Labute approximate surface area is 316 Å². The Hall–Kier alpha value is -6.42. The molecule has 1 aliphatic rings. The predicted molar refractivity (Wildman–Crippen MR) is 231 cm³/mol. The molecule has 0 aliphatic heterocycles. The van der Waals surface area contributed by atoms with Crippen molar-refractivity contribution in [1.82, 2.24) is 9.13 Å². The molecule has 11 aromatic rings. The molecule has 0 N–H and O–H groups in total. The predicted octanol–water partition coefficient (Wildman–Crippen LogP) is 14.2. The van der Waals surface area contributed by atoms with Crippen molar-refractivity contribution in [2.45, 2.75) is 19.3 Å². The molecule has 0 atom stereocenters. The number of para-hydroxylation sites is 2. The molecular weight excluding hydrogens is 673 g/mol. The van der Waals surface area contributed by atoms with Crippen LogP contribution in [0.4, 0.5) is 0 Å². The van der Waals surface area contributed by atoms with Crippen molar-refractivity contribution in [3.05, 3.63) is 181 Å². The number of rotatable bonds is 3. The smallest absolute Gasteiger partial charge is 0.0640 e. The van der Waals surface area contributed by atoms with Gasteiger partial charge in [-0.25, -0.2) is 0 Å². The molecule has 0 radical (unpaired) electrons. The van der Waals surface area contributed by atoms with Crippen LogP contribution in [0.15, 0.2) is 170 Å². The van der Waals surface area contributed by atoms with Gasteiger partial charge in [0.25, 0.3) is 0 Å². The molecule has 2 nitrogen and oxygen atoms in total. The summed E-state index contributed by atoms with van der Waals surface area (Å²) in [6, 6.07) is 63.2. The van der Waals surface area contributed by atoms with Gasteiger partial charge in [0.1, 0.15) is 0 Å². The summed E-state index contributed by atoms with van der Waals surface area (Å²) >= 11 is 1.90. The number of aromatic nitrogens is 2. The monoisotopic (exact) mass is 706 g/mol. The summed E-state index contributed by atoms with van der Waals surface area (Å²) in [4.78, 5) is 0. The molecule has 0 saturated carbocycles. The van der Waals surface area contributed by atoms with E-state index in [1.807, 2.05) is 11.3 Å². The molecule has 0 unspecified atom stereocenters. The zero-order valence-corrected chi connectivity index (χ0v) is 30.8. The highest BCUT2D eigenvalue weighted by Gasteiger charge is 2.36. The van der Waals surface area contributed by atoms with E-state index in [4.69, 9.17) is 0 Å². The van der Waals surface area contributed by atoms with Gasteiger partial charge in [0.2, 0.25) is 0 Å². The van der Waals surface area contributed by atoms with Crippen molar-refractivity contribution in [2.24, 2.45) is 0 Å². The zero-order chi connectivity index (χ0) is 35.7. The van der Waals surface area contributed by atoms with Crippen LogP contribution in [-0.2, 0) is 5.41 Å². The second-order valence-electron chi connectivity index (χ2n) is 15.3. The zero-order valence-electron chi connectivity index (χ0n) is 30.0. The number of benzene rings is 8. The quantitative estimate of drug-likeness (QED) is 0.173. The molecule has 0 amide bonds. The van der Waals surface area contributed by atoms with Crippen LogP contribution in [0.5, 0.6) is 0 Å². The highest BCUT2D eigenvalue weighted by atomic mass is 32.1. The molecule has 3 aromatic heterocycles. The fraction of sp³-hybridized carbons (Fsp3) is 0.0588. The van der Waals surface area contributed by atoms with Gasteiger partial charge in [-0.2, -0.15) is 0 Å². The lowest BCUT2D eigenvalue weighted by atomic mass is 9.82.